The Kier molecular flexibility index (Phi) is 5.15. The molecule has 0 spiro atoms. The lowest BCUT2D eigenvalue weighted by Crippen LogP contribution is -2.57. The van der Waals surface area contributed by atoms with E-state index >= 15 is 0 Å². The van der Waals surface area contributed by atoms with E-state index in [1.54, 1.807) is 11.8 Å². The molecule has 2 heterocycles. The number of hydrogen-bond donors (Lipinski definition) is 0. The van der Waals surface area contributed by atoms with Crippen LogP contribution in [-0.4, -0.2) is 42.6 Å². The first-order chi connectivity index (χ1) is 14.1. The second-order valence-corrected chi connectivity index (χ2v) is 7.44. The maximum atomic E-state index is 13.4. The zero-order valence-corrected chi connectivity index (χ0v) is 16.7. The minimum atomic E-state index is -1.45. The SMILES string of the molecule is CCOC(=O)C12CC(c3ccccc3)(c3ccccc3)OOC1CN(CC)C2=O. The van der Waals surface area contributed by atoms with Gasteiger partial charge >= 0.3 is 5.97 Å². The van der Waals surface area contributed by atoms with Crippen molar-refractivity contribution in [3.05, 3.63) is 71.8 Å². The standard InChI is InChI=1S/C23H25NO5/c1-3-24-15-19-22(20(24)25,21(26)27-4-2)16-23(29-28-19,17-11-7-5-8-12-17)18-13-9-6-10-14-18/h5-14,19H,3-4,15-16H2,1-2H3. The van der Waals surface area contributed by atoms with Gasteiger partial charge in [0.2, 0.25) is 5.91 Å². The van der Waals surface area contributed by atoms with Crippen molar-refractivity contribution < 1.29 is 24.1 Å². The second-order valence-electron chi connectivity index (χ2n) is 7.44. The van der Waals surface area contributed by atoms with E-state index in [2.05, 4.69) is 0 Å². The Hall–Kier alpha value is -2.70. The third-order valence-corrected chi connectivity index (χ3v) is 5.94. The number of rotatable bonds is 5. The van der Waals surface area contributed by atoms with E-state index < -0.39 is 23.1 Å². The molecule has 2 aliphatic heterocycles. The fraction of sp³-hybridized carbons (Fsp3) is 0.391. The smallest absolute Gasteiger partial charge is 0.324 e. The molecule has 2 aliphatic rings. The highest BCUT2D eigenvalue weighted by Crippen LogP contribution is 2.53. The number of amides is 1. The van der Waals surface area contributed by atoms with Crippen LogP contribution >= 0.6 is 0 Å². The van der Waals surface area contributed by atoms with Crippen LogP contribution in [0, 0.1) is 5.41 Å². The van der Waals surface area contributed by atoms with Gasteiger partial charge in [-0.3, -0.25) is 9.59 Å². The minimum Gasteiger partial charge on any atom is -0.465 e. The molecule has 0 aromatic heterocycles. The number of hydrogen-bond acceptors (Lipinski definition) is 5. The first kappa shape index (κ1) is 19.6. The summed E-state index contributed by atoms with van der Waals surface area (Å²) in [4.78, 5) is 40.2. The summed E-state index contributed by atoms with van der Waals surface area (Å²) in [6.07, 6.45) is -0.595. The summed E-state index contributed by atoms with van der Waals surface area (Å²) < 4.78 is 5.39. The van der Waals surface area contributed by atoms with Gasteiger partial charge in [-0.1, -0.05) is 60.7 Å². The van der Waals surface area contributed by atoms with E-state index in [-0.39, 0.29) is 18.9 Å². The topological polar surface area (TPSA) is 65.1 Å². The number of fused-ring (bicyclic) bond motifs is 1. The summed E-state index contributed by atoms with van der Waals surface area (Å²) in [5.74, 6) is -0.812. The van der Waals surface area contributed by atoms with Gasteiger partial charge in [0.05, 0.1) is 13.2 Å². The highest BCUT2D eigenvalue weighted by atomic mass is 17.2. The lowest BCUT2D eigenvalue weighted by atomic mass is 9.69. The molecular weight excluding hydrogens is 370 g/mol. The fourth-order valence-corrected chi connectivity index (χ4v) is 4.43. The molecule has 2 unspecified atom stereocenters. The number of benzene rings is 2. The van der Waals surface area contributed by atoms with Crippen LogP contribution in [0.1, 0.15) is 31.4 Å². The van der Waals surface area contributed by atoms with E-state index in [4.69, 9.17) is 14.5 Å². The summed E-state index contributed by atoms with van der Waals surface area (Å²) >= 11 is 0. The Morgan fingerprint density at radius 2 is 1.66 bits per heavy atom. The van der Waals surface area contributed by atoms with Crippen molar-refractivity contribution in [2.75, 3.05) is 19.7 Å². The van der Waals surface area contributed by atoms with Gasteiger partial charge in [-0.2, -0.15) is 0 Å². The van der Waals surface area contributed by atoms with Gasteiger partial charge in [0.25, 0.3) is 0 Å². The number of ether oxygens (including phenoxy) is 1. The van der Waals surface area contributed by atoms with E-state index in [9.17, 15) is 9.59 Å². The molecule has 4 rings (SSSR count). The van der Waals surface area contributed by atoms with Crippen LogP contribution < -0.4 is 0 Å². The lowest BCUT2D eigenvalue weighted by Gasteiger charge is -2.45. The Morgan fingerprint density at radius 3 is 2.17 bits per heavy atom. The predicted molar refractivity (Wildman–Crippen MR) is 106 cm³/mol. The van der Waals surface area contributed by atoms with E-state index in [1.165, 1.54) is 0 Å². The quantitative estimate of drug-likeness (QED) is 0.442. The summed E-state index contributed by atoms with van der Waals surface area (Å²) in [5, 5.41) is 0. The van der Waals surface area contributed by atoms with Crippen LogP contribution in [0.15, 0.2) is 60.7 Å². The summed E-state index contributed by atoms with van der Waals surface area (Å²) in [6.45, 7) is 4.60. The number of likely N-dealkylation sites (N-methyl/N-ethyl adjacent to an activating group) is 1. The van der Waals surface area contributed by atoms with Crippen LogP contribution in [0.25, 0.3) is 0 Å². The molecule has 0 aliphatic carbocycles. The van der Waals surface area contributed by atoms with Crippen LogP contribution in [0.3, 0.4) is 0 Å². The Labute approximate surface area is 170 Å². The van der Waals surface area contributed by atoms with Crippen molar-refractivity contribution in [2.24, 2.45) is 5.41 Å². The van der Waals surface area contributed by atoms with Gasteiger partial charge in [0, 0.05) is 13.0 Å². The molecule has 2 aromatic carbocycles. The summed E-state index contributed by atoms with van der Waals surface area (Å²) in [5.41, 5.74) is -0.923. The molecule has 1 amide bonds. The van der Waals surface area contributed by atoms with Crippen LogP contribution in [0.2, 0.25) is 0 Å². The molecule has 2 atom stereocenters. The van der Waals surface area contributed by atoms with Crippen molar-refractivity contribution in [2.45, 2.75) is 32.0 Å². The van der Waals surface area contributed by atoms with Crippen molar-refractivity contribution in [3.8, 4) is 0 Å². The van der Waals surface area contributed by atoms with Gasteiger partial charge in [-0.15, -0.1) is 0 Å². The molecule has 0 bridgehead atoms. The number of esters is 1. The molecule has 0 saturated carbocycles. The van der Waals surface area contributed by atoms with Crippen molar-refractivity contribution in [1.29, 1.82) is 0 Å². The monoisotopic (exact) mass is 395 g/mol. The predicted octanol–water partition coefficient (Wildman–Crippen LogP) is 3.06. The molecule has 0 radical (unpaired) electrons. The van der Waals surface area contributed by atoms with Gasteiger partial charge < -0.3 is 9.64 Å². The second kappa shape index (κ2) is 7.61. The summed E-state index contributed by atoms with van der Waals surface area (Å²) in [7, 11) is 0. The van der Waals surface area contributed by atoms with E-state index in [0.29, 0.717) is 13.1 Å². The highest BCUT2D eigenvalue weighted by molar-refractivity contribution is 6.05. The van der Waals surface area contributed by atoms with Crippen molar-refractivity contribution >= 4 is 11.9 Å². The molecule has 29 heavy (non-hydrogen) atoms. The molecule has 0 N–H and O–H groups in total. The van der Waals surface area contributed by atoms with Crippen LogP contribution in [0.4, 0.5) is 0 Å². The van der Waals surface area contributed by atoms with Crippen LogP contribution in [0.5, 0.6) is 0 Å². The average molecular weight is 395 g/mol. The normalized spacial score (nSPS) is 25.5. The van der Waals surface area contributed by atoms with Gasteiger partial charge in [0.1, 0.15) is 6.10 Å². The number of likely N-dealkylation sites (tertiary alicyclic amines) is 1. The van der Waals surface area contributed by atoms with Gasteiger partial charge in [-0.25, -0.2) is 9.78 Å². The highest BCUT2D eigenvalue weighted by Gasteiger charge is 2.68. The number of nitrogens with zero attached hydrogens (tertiary/aromatic N) is 1. The third-order valence-electron chi connectivity index (χ3n) is 5.94. The molecule has 6 heteroatoms. The number of carbonyl (C=O) groups is 2. The zero-order chi connectivity index (χ0) is 20.5. The Morgan fingerprint density at radius 1 is 1.07 bits per heavy atom. The van der Waals surface area contributed by atoms with Crippen LogP contribution in [-0.2, 0) is 29.7 Å². The zero-order valence-electron chi connectivity index (χ0n) is 16.7. The van der Waals surface area contributed by atoms with E-state index in [0.717, 1.165) is 11.1 Å². The molecule has 6 nitrogen and oxygen atoms in total. The fourth-order valence-electron chi connectivity index (χ4n) is 4.43. The minimum absolute atomic E-state index is 0.118. The van der Waals surface area contributed by atoms with Gasteiger partial charge in [-0.05, 0) is 25.0 Å². The molecule has 2 fully saturated rings. The summed E-state index contributed by atoms with van der Waals surface area (Å²) in [6, 6.07) is 19.1. The van der Waals surface area contributed by atoms with Crippen molar-refractivity contribution in [3.63, 3.8) is 0 Å². The third kappa shape index (κ3) is 2.94. The van der Waals surface area contributed by atoms with Crippen molar-refractivity contribution in [1.82, 2.24) is 4.90 Å². The largest absolute Gasteiger partial charge is 0.465 e. The Bertz CT molecular complexity index is 845. The molecule has 152 valence electrons. The first-order valence-electron chi connectivity index (χ1n) is 10.0. The Balaban J connectivity index is 1.89. The number of carbonyl (C=O) groups excluding carboxylic acids is 2. The maximum Gasteiger partial charge on any atom is 0.324 e. The average Bonchev–Trinajstić information content (AvgIpc) is 3.07. The molecular formula is C23H25NO5. The lowest BCUT2D eigenvalue weighted by molar-refractivity contribution is -0.417. The van der Waals surface area contributed by atoms with E-state index in [1.807, 2.05) is 67.6 Å². The van der Waals surface area contributed by atoms with Gasteiger partial charge in [0.15, 0.2) is 11.0 Å². The molecule has 2 saturated heterocycles. The maximum absolute atomic E-state index is 13.4. The molecule has 2 aromatic rings. The first-order valence-corrected chi connectivity index (χ1v) is 10.0.